The topological polar surface area (TPSA) is 99.5 Å². The normalized spacial score (nSPS) is 16.6. The minimum absolute atomic E-state index is 0.00831. The van der Waals surface area contributed by atoms with Gasteiger partial charge in [-0.25, -0.2) is 0 Å². The van der Waals surface area contributed by atoms with Crippen molar-refractivity contribution in [1.29, 1.82) is 0 Å². The van der Waals surface area contributed by atoms with Gasteiger partial charge in [-0.3, -0.25) is 9.59 Å². The zero-order chi connectivity index (χ0) is 28.1. The van der Waals surface area contributed by atoms with Crippen molar-refractivity contribution in [3.63, 3.8) is 0 Å². The summed E-state index contributed by atoms with van der Waals surface area (Å²) in [5.74, 6) is -0.948. The van der Waals surface area contributed by atoms with Gasteiger partial charge in [0.25, 0.3) is 11.7 Å². The van der Waals surface area contributed by atoms with E-state index in [0.717, 1.165) is 17.7 Å². The summed E-state index contributed by atoms with van der Waals surface area (Å²) in [4.78, 5) is 29.9. The van der Waals surface area contributed by atoms with E-state index in [2.05, 4.69) is 6.07 Å². The summed E-state index contributed by atoms with van der Waals surface area (Å²) in [6, 6.07) is 18.6. The fourth-order valence-corrected chi connectivity index (χ4v) is 4.71. The summed E-state index contributed by atoms with van der Waals surface area (Å²) in [5, 5.41) is 21.4. The van der Waals surface area contributed by atoms with Crippen LogP contribution in [0.5, 0.6) is 17.2 Å². The van der Waals surface area contributed by atoms with Crippen molar-refractivity contribution < 1.29 is 29.3 Å². The number of aliphatic hydroxyl groups excluding tert-OH is 1. The maximum Gasteiger partial charge on any atom is 0.295 e. The van der Waals surface area contributed by atoms with Crippen LogP contribution in [0.3, 0.4) is 0 Å². The third-order valence-electron chi connectivity index (χ3n) is 6.68. The summed E-state index contributed by atoms with van der Waals surface area (Å²) in [7, 11) is 5.30. The van der Waals surface area contributed by atoms with E-state index in [1.807, 2.05) is 44.1 Å². The molecule has 0 aliphatic carbocycles. The first-order valence-corrected chi connectivity index (χ1v) is 12.8. The molecule has 0 aromatic heterocycles. The van der Waals surface area contributed by atoms with Crippen molar-refractivity contribution in [1.82, 2.24) is 9.80 Å². The second kappa shape index (κ2) is 12.0. The van der Waals surface area contributed by atoms with Gasteiger partial charge in [0.05, 0.1) is 18.7 Å². The van der Waals surface area contributed by atoms with Crippen LogP contribution in [-0.4, -0.2) is 66.0 Å². The van der Waals surface area contributed by atoms with Crippen molar-refractivity contribution in [3.8, 4) is 17.2 Å². The Kier molecular flexibility index (Phi) is 8.56. The first kappa shape index (κ1) is 27.7. The van der Waals surface area contributed by atoms with E-state index in [1.165, 1.54) is 18.1 Å². The molecule has 3 aromatic carbocycles. The Morgan fingerprint density at radius 2 is 1.77 bits per heavy atom. The first-order valence-electron chi connectivity index (χ1n) is 12.8. The largest absolute Gasteiger partial charge is 0.507 e. The maximum absolute atomic E-state index is 13.3. The monoisotopic (exact) mass is 530 g/mol. The molecule has 1 aliphatic rings. The van der Waals surface area contributed by atoms with Crippen LogP contribution in [0.15, 0.2) is 72.3 Å². The van der Waals surface area contributed by atoms with E-state index in [-0.39, 0.29) is 22.8 Å². The van der Waals surface area contributed by atoms with Crippen molar-refractivity contribution in [2.24, 2.45) is 0 Å². The van der Waals surface area contributed by atoms with Gasteiger partial charge in [0.1, 0.15) is 18.1 Å². The van der Waals surface area contributed by atoms with E-state index in [1.54, 1.807) is 36.4 Å². The molecule has 1 aliphatic heterocycles. The molecule has 0 saturated carbocycles. The van der Waals surface area contributed by atoms with Gasteiger partial charge in [0, 0.05) is 12.1 Å². The highest BCUT2D eigenvalue weighted by molar-refractivity contribution is 6.46. The molecule has 4 rings (SSSR count). The molecule has 0 radical (unpaired) electrons. The third-order valence-corrected chi connectivity index (χ3v) is 6.68. The number of ether oxygens (including phenoxy) is 2. The third kappa shape index (κ3) is 6.23. The van der Waals surface area contributed by atoms with Gasteiger partial charge in [-0.2, -0.15) is 0 Å². The zero-order valence-electron chi connectivity index (χ0n) is 22.7. The molecular formula is C31H34N2O6. The van der Waals surface area contributed by atoms with Crippen LogP contribution in [-0.2, 0) is 16.2 Å². The van der Waals surface area contributed by atoms with Crippen molar-refractivity contribution in [2.45, 2.75) is 26.0 Å². The Bertz CT molecular complexity index is 1380. The highest BCUT2D eigenvalue weighted by Crippen LogP contribution is 2.42. The molecule has 2 N–H and O–H groups in total. The maximum atomic E-state index is 13.3. The van der Waals surface area contributed by atoms with Crippen LogP contribution in [0, 0.1) is 6.92 Å². The highest BCUT2D eigenvalue weighted by atomic mass is 16.5. The quantitative estimate of drug-likeness (QED) is 0.223. The van der Waals surface area contributed by atoms with E-state index in [9.17, 15) is 19.8 Å². The molecular weight excluding hydrogens is 496 g/mol. The average Bonchev–Trinajstić information content (AvgIpc) is 3.17. The molecule has 204 valence electrons. The summed E-state index contributed by atoms with van der Waals surface area (Å²) in [5.41, 5.74) is 3.12. The van der Waals surface area contributed by atoms with Crippen LogP contribution < -0.4 is 9.47 Å². The molecule has 1 saturated heterocycles. The number of aryl methyl sites for hydroxylation is 1. The summed E-state index contributed by atoms with van der Waals surface area (Å²) < 4.78 is 11.1. The molecule has 1 atom stereocenters. The number of hydrogen-bond acceptors (Lipinski definition) is 7. The number of methoxy groups -OCH3 is 1. The lowest BCUT2D eigenvalue weighted by molar-refractivity contribution is -0.139. The Morgan fingerprint density at radius 3 is 2.44 bits per heavy atom. The van der Waals surface area contributed by atoms with Crippen molar-refractivity contribution in [3.05, 3.63) is 94.6 Å². The second-order valence-corrected chi connectivity index (χ2v) is 9.88. The lowest BCUT2D eigenvalue weighted by Crippen LogP contribution is -2.32. The number of nitrogens with zero attached hydrogens (tertiary/aromatic N) is 2. The average molecular weight is 531 g/mol. The Hall–Kier alpha value is -4.30. The van der Waals surface area contributed by atoms with Crippen molar-refractivity contribution >= 4 is 17.4 Å². The number of benzene rings is 3. The van der Waals surface area contributed by atoms with E-state index in [4.69, 9.17) is 9.47 Å². The fourth-order valence-electron chi connectivity index (χ4n) is 4.71. The van der Waals surface area contributed by atoms with Gasteiger partial charge in [-0.15, -0.1) is 0 Å². The molecule has 1 amide bonds. The molecule has 0 spiro atoms. The predicted molar refractivity (Wildman–Crippen MR) is 149 cm³/mol. The second-order valence-electron chi connectivity index (χ2n) is 9.88. The standard InChI is InChI=1S/C31H34N2O6/c1-20-7-5-8-21(17-20)19-39-24-12-9-22(10-13-24)29(35)27-28(23-11-14-25(34)26(18-23)38-4)33(31(37)30(27)36)16-6-15-32(2)3/h5,7-14,17-18,28,34-35H,6,15-16,19H2,1-4H3. The number of likely N-dealkylation sites (tertiary alicyclic amines) is 1. The lowest BCUT2D eigenvalue weighted by Gasteiger charge is -2.26. The minimum Gasteiger partial charge on any atom is -0.507 e. The van der Waals surface area contributed by atoms with Gasteiger partial charge >= 0.3 is 0 Å². The smallest absolute Gasteiger partial charge is 0.295 e. The number of rotatable bonds is 10. The molecule has 1 unspecified atom stereocenters. The van der Waals surface area contributed by atoms with E-state index in [0.29, 0.717) is 36.4 Å². The molecule has 8 nitrogen and oxygen atoms in total. The predicted octanol–water partition coefficient (Wildman–Crippen LogP) is 4.66. The van der Waals surface area contributed by atoms with Gasteiger partial charge in [-0.1, -0.05) is 35.9 Å². The lowest BCUT2D eigenvalue weighted by atomic mass is 9.95. The number of aromatic hydroxyl groups is 1. The molecule has 1 fully saturated rings. The first-order chi connectivity index (χ1) is 18.7. The highest BCUT2D eigenvalue weighted by Gasteiger charge is 2.46. The zero-order valence-corrected chi connectivity index (χ0v) is 22.7. The Balaban J connectivity index is 1.66. The van der Waals surface area contributed by atoms with Crippen LogP contribution in [0.1, 0.15) is 34.7 Å². The van der Waals surface area contributed by atoms with E-state index >= 15 is 0 Å². The Morgan fingerprint density at radius 1 is 1.03 bits per heavy atom. The summed E-state index contributed by atoms with van der Waals surface area (Å²) in [6.45, 7) is 3.46. The SMILES string of the molecule is COc1cc(C2C(=C(O)c3ccc(OCc4cccc(C)c4)cc3)C(=O)C(=O)N2CCCN(C)C)ccc1O. The summed E-state index contributed by atoms with van der Waals surface area (Å²) >= 11 is 0. The molecule has 1 heterocycles. The summed E-state index contributed by atoms with van der Waals surface area (Å²) in [6.07, 6.45) is 0.638. The van der Waals surface area contributed by atoms with Crippen LogP contribution in [0.25, 0.3) is 5.76 Å². The number of phenolic OH excluding ortho intramolecular Hbond substituents is 1. The van der Waals surface area contributed by atoms with Crippen LogP contribution in [0.2, 0.25) is 0 Å². The molecule has 8 heteroatoms. The van der Waals surface area contributed by atoms with Crippen LogP contribution >= 0.6 is 0 Å². The number of carbonyl (C=O) groups is 2. The number of ketones is 1. The van der Waals surface area contributed by atoms with Gasteiger partial charge in [0.2, 0.25) is 0 Å². The van der Waals surface area contributed by atoms with Crippen molar-refractivity contribution in [2.75, 3.05) is 34.3 Å². The number of aliphatic hydroxyl groups is 1. The molecule has 3 aromatic rings. The minimum atomic E-state index is -0.834. The number of carbonyl (C=O) groups excluding carboxylic acids is 2. The van der Waals surface area contributed by atoms with Gasteiger partial charge in [-0.05, 0) is 81.5 Å². The number of phenols is 1. The van der Waals surface area contributed by atoms with Crippen LogP contribution in [0.4, 0.5) is 0 Å². The van der Waals surface area contributed by atoms with Gasteiger partial charge in [0.15, 0.2) is 11.5 Å². The fraction of sp³-hybridized carbons (Fsp3) is 0.290. The van der Waals surface area contributed by atoms with E-state index < -0.39 is 17.7 Å². The van der Waals surface area contributed by atoms with Gasteiger partial charge < -0.3 is 29.5 Å². The number of hydrogen-bond donors (Lipinski definition) is 2. The molecule has 0 bridgehead atoms. The number of Topliss-reactive ketones (excluding diaryl/α,β-unsaturated/α-hetero) is 1. The Labute approximate surface area is 228 Å². The molecule has 39 heavy (non-hydrogen) atoms. The number of amides is 1.